The summed E-state index contributed by atoms with van der Waals surface area (Å²) in [6.45, 7) is 10.6. The molecule has 2 aliphatic rings. The molecule has 3 heterocycles. The van der Waals surface area contributed by atoms with Crippen LogP contribution in [0.15, 0.2) is 21.3 Å². The minimum Gasteiger partial charge on any atom is -0.483 e. The number of aryl methyl sites for hydroxylation is 2. The molecule has 1 aromatic heterocycles. The number of likely N-dealkylation sites (tertiary alicyclic amines) is 2. The fraction of sp³-hybridized carbons (Fsp3) is 0.565. The summed E-state index contributed by atoms with van der Waals surface area (Å²) in [6.07, 6.45) is 3.82. The molecular weight excluding hydrogens is 368 g/mol. The lowest BCUT2D eigenvalue weighted by molar-refractivity contribution is -0.142. The Morgan fingerprint density at radius 1 is 1.17 bits per heavy atom. The molecule has 2 fully saturated rings. The fourth-order valence-electron chi connectivity index (χ4n) is 4.56. The summed E-state index contributed by atoms with van der Waals surface area (Å²) in [5, 5.41) is 0.768. The number of hydrogen-bond acceptors (Lipinski definition) is 5. The van der Waals surface area contributed by atoms with E-state index in [0.717, 1.165) is 36.1 Å². The number of benzene rings is 1. The third-order valence-electron chi connectivity index (χ3n) is 6.55. The fourth-order valence-corrected chi connectivity index (χ4v) is 4.56. The van der Waals surface area contributed by atoms with Crippen molar-refractivity contribution in [1.82, 2.24) is 9.80 Å². The van der Waals surface area contributed by atoms with Crippen LogP contribution in [0.5, 0.6) is 5.75 Å². The van der Waals surface area contributed by atoms with Crippen LogP contribution in [0.2, 0.25) is 0 Å². The van der Waals surface area contributed by atoms with Crippen LogP contribution in [0.3, 0.4) is 0 Å². The van der Waals surface area contributed by atoms with E-state index < -0.39 is 0 Å². The van der Waals surface area contributed by atoms with Crippen LogP contribution >= 0.6 is 0 Å². The summed E-state index contributed by atoms with van der Waals surface area (Å²) in [5.74, 6) is 0.603. The second kappa shape index (κ2) is 7.82. The molecule has 2 aromatic rings. The van der Waals surface area contributed by atoms with Crippen molar-refractivity contribution in [1.29, 1.82) is 0 Å². The molecule has 156 valence electrons. The average Bonchev–Trinajstić information content (AvgIpc) is 2.64. The Hall–Kier alpha value is -2.34. The molecule has 2 saturated heterocycles. The van der Waals surface area contributed by atoms with Gasteiger partial charge in [-0.15, -0.1) is 0 Å². The van der Waals surface area contributed by atoms with E-state index in [-0.39, 0.29) is 18.1 Å². The minimum atomic E-state index is -0.332. The first-order chi connectivity index (χ1) is 13.8. The maximum absolute atomic E-state index is 12.6. The minimum absolute atomic E-state index is 0.00155. The number of nitrogens with zero attached hydrogens (tertiary/aromatic N) is 2. The molecule has 0 spiro atoms. The lowest BCUT2D eigenvalue weighted by atomic mass is 9.97. The van der Waals surface area contributed by atoms with Gasteiger partial charge in [-0.05, 0) is 70.3 Å². The van der Waals surface area contributed by atoms with Crippen molar-refractivity contribution in [2.45, 2.75) is 59.0 Å². The summed E-state index contributed by atoms with van der Waals surface area (Å²) in [6, 6.07) is 4.82. The molecule has 1 aromatic carbocycles. The summed E-state index contributed by atoms with van der Waals surface area (Å²) in [4.78, 5) is 29.1. The second-order valence-electron chi connectivity index (χ2n) is 8.60. The van der Waals surface area contributed by atoms with Crippen LogP contribution in [0.25, 0.3) is 11.0 Å². The highest BCUT2D eigenvalue weighted by atomic mass is 16.5. The summed E-state index contributed by atoms with van der Waals surface area (Å²) in [5.41, 5.74) is 2.50. The number of carbonyl (C=O) groups is 1. The Labute approximate surface area is 171 Å². The zero-order chi connectivity index (χ0) is 20.7. The summed E-state index contributed by atoms with van der Waals surface area (Å²) >= 11 is 0. The molecule has 0 N–H and O–H groups in total. The van der Waals surface area contributed by atoms with Crippen molar-refractivity contribution in [3.63, 3.8) is 0 Å². The Morgan fingerprint density at radius 3 is 2.66 bits per heavy atom. The van der Waals surface area contributed by atoms with Gasteiger partial charge in [0.15, 0.2) is 6.61 Å². The highest BCUT2D eigenvalue weighted by Gasteiger charge is 2.37. The van der Waals surface area contributed by atoms with Crippen LogP contribution < -0.4 is 10.4 Å². The normalized spacial score (nSPS) is 20.7. The van der Waals surface area contributed by atoms with E-state index in [1.165, 1.54) is 19.3 Å². The molecule has 0 aliphatic carbocycles. The van der Waals surface area contributed by atoms with Crippen molar-refractivity contribution in [3.05, 3.63) is 39.2 Å². The van der Waals surface area contributed by atoms with E-state index in [0.29, 0.717) is 29.0 Å². The van der Waals surface area contributed by atoms with Crippen molar-refractivity contribution in [3.8, 4) is 5.75 Å². The zero-order valence-corrected chi connectivity index (χ0v) is 17.8. The lowest BCUT2D eigenvalue weighted by Gasteiger charge is -2.49. The van der Waals surface area contributed by atoms with Gasteiger partial charge in [0.05, 0.1) is 5.39 Å². The van der Waals surface area contributed by atoms with Crippen molar-refractivity contribution in [2.24, 2.45) is 0 Å². The predicted octanol–water partition coefficient (Wildman–Crippen LogP) is 3.18. The molecule has 2 aliphatic heterocycles. The van der Waals surface area contributed by atoms with Gasteiger partial charge >= 0.3 is 5.63 Å². The Morgan fingerprint density at radius 2 is 1.93 bits per heavy atom. The van der Waals surface area contributed by atoms with E-state index in [9.17, 15) is 9.59 Å². The molecule has 4 rings (SSSR count). The number of carbonyl (C=O) groups excluding carboxylic acids is 1. The third-order valence-corrected chi connectivity index (χ3v) is 6.55. The van der Waals surface area contributed by atoms with E-state index in [2.05, 4.69) is 11.8 Å². The first-order valence-electron chi connectivity index (χ1n) is 10.6. The molecule has 1 unspecified atom stereocenters. The predicted molar refractivity (Wildman–Crippen MR) is 113 cm³/mol. The van der Waals surface area contributed by atoms with Gasteiger partial charge in [-0.3, -0.25) is 9.69 Å². The van der Waals surface area contributed by atoms with Crippen LogP contribution in [0, 0.1) is 20.8 Å². The number of rotatable bonds is 4. The molecule has 6 nitrogen and oxygen atoms in total. The number of ether oxygens (including phenoxy) is 1. The van der Waals surface area contributed by atoms with E-state index in [1.807, 2.05) is 30.9 Å². The van der Waals surface area contributed by atoms with Gasteiger partial charge in [0.1, 0.15) is 11.3 Å². The highest BCUT2D eigenvalue weighted by Crippen LogP contribution is 2.31. The molecular formula is C23H30N2O4. The highest BCUT2D eigenvalue weighted by molar-refractivity contribution is 5.88. The lowest BCUT2D eigenvalue weighted by Crippen LogP contribution is -2.64. The van der Waals surface area contributed by atoms with Crippen LogP contribution in [-0.2, 0) is 4.79 Å². The maximum atomic E-state index is 12.6. The Balaban J connectivity index is 1.43. The van der Waals surface area contributed by atoms with Crippen LogP contribution in [0.4, 0.5) is 0 Å². The third kappa shape index (κ3) is 3.78. The van der Waals surface area contributed by atoms with Crippen LogP contribution in [0.1, 0.15) is 42.9 Å². The molecule has 6 heteroatoms. The monoisotopic (exact) mass is 398 g/mol. The van der Waals surface area contributed by atoms with E-state index in [4.69, 9.17) is 9.15 Å². The number of fused-ring (bicyclic) bond motifs is 1. The first kappa shape index (κ1) is 20.0. The van der Waals surface area contributed by atoms with Crippen molar-refractivity contribution >= 4 is 16.9 Å². The standard InChI is InChI=1S/C23H30N2O4/c1-14-9-19(22-16(3)17(4)23(27)29-20(22)10-14)28-13-21(26)24-11-18(12-24)25-8-6-5-7-15(25)2/h9-10,15,18H,5-8,11-13H2,1-4H3. The molecule has 29 heavy (non-hydrogen) atoms. The quantitative estimate of drug-likeness (QED) is 0.740. The molecule has 1 amide bonds. The summed E-state index contributed by atoms with van der Waals surface area (Å²) < 4.78 is 11.4. The zero-order valence-electron chi connectivity index (χ0n) is 17.8. The van der Waals surface area contributed by atoms with E-state index in [1.54, 1.807) is 6.92 Å². The molecule has 0 bridgehead atoms. The average molecular weight is 399 g/mol. The number of piperidine rings is 1. The first-order valence-corrected chi connectivity index (χ1v) is 10.6. The van der Waals surface area contributed by atoms with Gasteiger partial charge in [-0.1, -0.05) is 6.42 Å². The Kier molecular flexibility index (Phi) is 5.38. The topological polar surface area (TPSA) is 63.0 Å². The smallest absolute Gasteiger partial charge is 0.339 e. The van der Waals surface area contributed by atoms with Gasteiger partial charge in [-0.2, -0.15) is 0 Å². The van der Waals surface area contributed by atoms with Gasteiger partial charge in [0, 0.05) is 30.7 Å². The van der Waals surface area contributed by atoms with Crippen molar-refractivity contribution in [2.75, 3.05) is 26.2 Å². The number of amides is 1. The molecule has 1 atom stereocenters. The maximum Gasteiger partial charge on any atom is 0.339 e. The van der Waals surface area contributed by atoms with Crippen molar-refractivity contribution < 1.29 is 13.9 Å². The molecule has 0 saturated carbocycles. The largest absolute Gasteiger partial charge is 0.483 e. The van der Waals surface area contributed by atoms with Gasteiger partial charge in [-0.25, -0.2) is 4.79 Å². The second-order valence-corrected chi connectivity index (χ2v) is 8.60. The van der Waals surface area contributed by atoms with Gasteiger partial charge < -0.3 is 14.1 Å². The van der Waals surface area contributed by atoms with Gasteiger partial charge in [0.2, 0.25) is 0 Å². The van der Waals surface area contributed by atoms with Gasteiger partial charge in [0.25, 0.3) is 5.91 Å². The Bertz CT molecular complexity index is 991. The SMILES string of the molecule is Cc1cc(OCC(=O)N2CC(N3CCCCC3C)C2)c2c(C)c(C)c(=O)oc2c1. The van der Waals surface area contributed by atoms with E-state index >= 15 is 0 Å². The molecule has 0 radical (unpaired) electrons. The summed E-state index contributed by atoms with van der Waals surface area (Å²) in [7, 11) is 0. The number of hydrogen-bond donors (Lipinski definition) is 0. The van der Waals surface area contributed by atoms with Crippen LogP contribution in [-0.4, -0.2) is 54.0 Å².